The molecule has 0 aliphatic heterocycles. The van der Waals surface area contributed by atoms with Crippen LogP contribution in [0.1, 0.15) is 11.1 Å². The molecule has 1 heterocycles. The zero-order valence-electron chi connectivity index (χ0n) is 8.41. The maximum absolute atomic E-state index is 4.36. The Morgan fingerprint density at radius 2 is 2.00 bits per heavy atom. The fraction of sp³-hybridized carbons (Fsp3) is 0.273. The van der Waals surface area contributed by atoms with Crippen LogP contribution in [0.5, 0.6) is 0 Å². The van der Waals surface area contributed by atoms with Crippen LogP contribution in [0.25, 0.3) is 11.0 Å². The van der Waals surface area contributed by atoms with Crippen molar-refractivity contribution in [3.8, 4) is 0 Å². The minimum atomic E-state index is 0.835. The Bertz CT molecular complexity index is 451. The quantitative estimate of drug-likeness (QED) is 0.777. The molecule has 14 heavy (non-hydrogen) atoms. The second-order valence-electron chi connectivity index (χ2n) is 3.32. The van der Waals surface area contributed by atoms with E-state index >= 15 is 0 Å². The highest BCUT2D eigenvalue weighted by molar-refractivity contribution is 5.78. The number of benzene rings is 1. The molecule has 0 spiro atoms. The first-order valence-electron chi connectivity index (χ1n) is 4.66. The summed E-state index contributed by atoms with van der Waals surface area (Å²) in [6.07, 6.45) is 3.46. The standard InChI is InChI=1S/C11H13N3/c1-8-3-4-10-11(9(8)7-12-2)14-6-5-13-10/h3-6,12H,7H2,1-2H3. The van der Waals surface area contributed by atoms with Crippen molar-refractivity contribution in [3.05, 3.63) is 35.7 Å². The third-order valence-electron chi connectivity index (χ3n) is 2.33. The summed E-state index contributed by atoms with van der Waals surface area (Å²) in [6, 6.07) is 4.10. The molecule has 3 heteroatoms. The molecule has 0 saturated carbocycles. The van der Waals surface area contributed by atoms with Crippen molar-refractivity contribution in [3.63, 3.8) is 0 Å². The van der Waals surface area contributed by atoms with E-state index in [9.17, 15) is 0 Å². The van der Waals surface area contributed by atoms with E-state index in [1.54, 1.807) is 12.4 Å². The summed E-state index contributed by atoms with van der Waals surface area (Å²) in [5, 5.41) is 3.15. The molecule has 0 atom stereocenters. The van der Waals surface area contributed by atoms with Gasteiger partial charge in [0, 0.05) is 18.9 Å². The third-order valence-corrected chi connectivity index (χ3v) is 2.33. The molecule has 0 bridgehead atoms. The van der Waals surface area contributed by atoms with Crippen LogP contribution in [0, 0.1) is 6.92 Å². The van der Waals surface area contributed by atoms with E-state index in [0.717, 1.165) is 17.6 Å². The second kappa shape index (κ2) is 3.72. The fourth-order valence-corrected chi connectivity index (χ4v) is 1.59. The van der Waals surface area contributed by atoms with E-state index in [-0.39, 0.29) is 0 Å². The Labute approximate surface area is 83.2 Å². The summed E-state index contributed by atoms with van der Waals surface area (Å²) in [5.74, 6) is 0. The summed E-state index contributed by atoms with van der Waals surface area (Å²) in [4.78, 5) is 8.63. The van der Waals surface area contributed by atoms with Gasteiger partial charge in [-0.25, -0.2) is 0 Å². The van der Waals surface area contributed by atoms with Crippen molar-refractivity contribution < 1.29 is 0 Å². The van der Waals surface area contributed by atoms with E-state index < -0.39 is 0 Å². The molecule has 0 aliphatic carbocycles. The molecule has 72 valence electrons. The molecule has 0 unspecified atom stereocenters. The number of aromatic nitrogens is 2. The third kappa shape index (κ3) is 1.46. The number of hydrogen-bond acceptors (Lipinski definition) is 3. The zero-order chi connectivity index (χ0) is 9.97. The highest BCUT2D eigenvalue weighted by Gasteiger charge is 2.04. The monoisotopic (exact) mass is 187 g/mol. The highest BCUT2D eigenvalue weighted by atomic mass is 14.8. The molecule has 1 aromatic heterocycles. The molecule has 0 radical (unpaired) electrons. The van der Waals surface area contributed by atoms with Gasteiger partial charge in [0.1, 0.15) is 0 Å². The summed E-state index contributed by atoms with van der Waals surface area (Å²) >= 11 is 0. The first-order valence-corrected chi connectivity index (χ1v) is 4.66. The predicted molar refractivity (Wildman–Crippen MR) is 57.0 cm³/mol. The van der Waals surface area contributed by atoms with Gasteiger partial charge in [-0.05, 0) is 31.2 Å². The fourth-order valence-electron chi connectivity index (χ4n) is 1.59. The van der Waals surface area contributed by atoms with E-state index in [2.05, 4.69) is 28.3 Å². The van der Waals surface area contributed by atoms with Crippen LogP contribution in [-0.4, -0.2) is 17.0 Å². The van der Waals surface area contributed by atoms with E-state index in [0.29, 0.717) is 0 Å². The zero-order valence-corrected chi connectivity index (χ0v) is 8.41. The SMILES string of the molecule is CNCc1c(C)ccc2nccnc12. The maximum Gasteiger partial charge on any atom is 0.0934 e. The van der Waals surface area contributed by atoms with Crippen LogP contribution in [0.15, 0.2) is 24.5 Å². The number of aryl methyl sites for hydroxylation is 1. The number of fused-ring (bicyclic) bond motifs is 1. The molecule has 2 aromatic rings. The van der Waals surface area contributed by atoms with Gasteiger partial charge >= 0.3 is 0 Å². The molecule has 0 amide bonds. The molecular formula is C11H13N3. The Balaban J connectivity index is 2.69. The van der Waals surface area contributed by atoms with E-state index in [1.807, 2.05) is 13.1 Å². The van der Waals surface area contributed by atoms with Crippen molar-refractivity contribution in [2.24, 2.45) is 0 Å². The molecule has 3 nitrogen and oxygen atoms in total. The summed E-state index contributed by atoms with van der Waals surface area (Å²) < 4.78 is 0. The molecular weight excluding hydrogens is 174 g/mol. The van der Waals surface area contributed by atoms with Crippen molar-refractivity contribution >= 4 is 11.0 Å². The average Bonchev–Trinajstić information content (AvgIpc) is 2.23. The van der Waals surface area contributed by atoms with Crippen LogP contribution in [-0.2, 0) is 6.54 Å². The van der Waals surface area contributed by atoms with Crippen LogP contribution >= 0.6 is 0 Å². The second-order valence-corrected chi connectivity index (χ2v) is 3.32. The molecule has 0 aliphatic rings. The predicted octanol–water partition coefficient (Wildman–Crippen LogP) is 1.66. The number of nitrogens with one attached hydrogen (secondary N) is 1. The van der Waals surface area contributed by atoms with Gasteiger partial charge in [0.2, 0.25) is 0 Å². The lowest BCUT2D eigenvalue weighted by atomic mass is 10.1. The Hall–Kier alpha value is -1.48. The normalized spacial score (nSPS) is 10.7. The Morgan fingerprint density at radius 3 is 2.79 bits per heavy atom. The smallest absolute Gasteiger partial charge is 0.0934 e. The van der Waals surface area contributed by atoms with Crippen molar-refractivity contribution in [2.75, 3.05) is 7.05 Å². The average molecular weight is 187 g/mol. The van der Waals surface area contributed by atoms with E-state index in [1.165, 1.54) is 11.1 Å². The van der Waals surface area contributed by atoms with Gasteiger partial charge < -0.3 is 5.32 Å². The van der Waals surface area contributed by atoms with Crippen LogP contribution in [0.3, 0.4) is 0 Å². The lowest BCUT2D eigenvalue weighted by Gasteiger charge is -2.07. The number of hydrogen-bond donors (Lipinski definition) is 1. The topological polar surface area (TPSA) is 37.8 Å². The van der Waals surface area contributed by atoms with E-state index in [4.69, 9.17) is 0 Å². The van der Waals surface area contributed by atoms with Gasteiger partial charge in [0.05, 0.1) is 11.0 Å². The number of rotatable bonds is 2. The van der Waals surface area contributed by atoms with Crippen LogP contribution < -0.4 is 5.32 Å². The number of nitrogens with zero attached hydrogens (tertiary/aromatic N) is 2. The molecule has 0 saturated heterocycles. The maximum atomic E-state index is 4.36. The van der Waals surface area contributed by atoms with Gasteiger partial charge in [-0.3, -0.25) is 9.97 Å². The summed E-state index contributed by atoms with van der Waals surface area (Å²) in [6.45, 7) is 2.93. The largest absolute Gasteiger partial charge is 0.316 e. The first kappa shape index (κ1) is 9.09. The minimum absolute atomic E-state index is 0.835. The Kier molecular flexibility index (Phi) is 2.41. The van der Waals surface area contributed by atoms with Gasteiger partial charge in [-0.2, -0.15) is 0 Å². The molecule has 0 fully saturated rings. The summed E-state index contributed by atoms with van der Waals surface area (Å²) in [5.41, 5.74) is 4.45. The van der Waals surface area contributed by atoms with Crippen molar-refractivity contribution in [1.29, 1.82) is 0 Å². The first-order chi connectivity index (χ1) is 6.83. The lowest BCUT2D eigenvalue weighted by molar-refractivity contribution is 0.816. The van der Waals surface area contributed by atoms with Crippen LogP contribution in [0.4, 0.5) is 0 Å². The summed E-state index contributed by atoms with van der Waals surface area (Å²) in [7, 11) is 1.94. The minimum Gasteiger partial charge on any atom is -0.316 e. The molecule has 1 N–H and O–H groups in total. The highest BCUT2D eigenvalue weighted by Crippen LogP contribution is 2.17. The van der Waals surface area contributed by atoms with Gasteiger partial charge in [-0.15, -0.1) is 0 Å². The van der Waals surface area contributed by atoms with Crippen molar-refractivity contribution in [1.82, 2.24) is 15.3 Å². The van der Waals surface area contributed by atoms with Crippen molar-refractivity contribution in [2.45, 2.75) is 13.5 Å². The van der Waals surface area contributed by atoms with Crippen LogP contribution in [0.2, 0.25) is 0 Å². The molecule has 1 aromatic carbocycles. The molecule has 2 rings (SSSR count). The van der Waals surface area contributed by atoms with Gasteiger partial charge in [0.15, 0.2) is 0 Å². The lowest BCUT2D eigenvalue weighted by Crippen LogP contribution is -2.08. The van der Waals surface area contributed by atoms with Gasteiger partial charge in [0.25, 0.3) is 0 Å². The Morgan fingerprint density at radius 1 is 1.21 bits per heavy atom. The van der Waals surface area contributed by atoms with Gasteiger partial charge in [-0.1, -0.05) is 6.07 Å².